The van der Waals surface area contributed by atoms with E-state index in [4.69, 9.17) is 5.11 Å². The van der Waals surface area contributed by atoms with Gasteiger partial charge in [-0.3, -0.25) is 0 Å². The van der Waals surface area contributed by atoms with Crippen LogP contribution >= 0.6 is 11.8 Å². The van der Waals surface area contributed by atoms with Gasteiger partial charge < -0.3 is 5.11 Å². The molecule has 2 heteroatoms. The van der Waals surface area contributed by atoms with Crippen molar-refractivity contribution in [1.29, 1.82) is 0 Å². The van der Waals surface area contributed by atoms with Crippen LogP contribution in [0.5, 0.6) is 0 Å². The molecule has 1 saturated heterocycles. The minimum Gasteiger partial charge on any atom is -0.396 e. The van der Waals surface area contributed by atoms with Gasteiger partial charge in [0.1, 0.15) is 0 Å². The van der Waals surface area contributed by atoms with Gasteiger partial charge in [-0.2, -0.15) is 11.8 Å². The highest BCUT2D eigenvalue weighted by molar-refractivity contribution is 8.01. The molecule has 2 fully saturated rings. The summed E-state index contributed by atoms with van der Waals surface area (Å²) in [6, 6.07) is 0. The van der Waals surface area contributed by atoms with Crippen LogP contribution < -0.4 is 0 Å². The molecule has 0 aromatic heterocycles. The summed E-state index contributed by atoms with van der Waals surface area (Å²) in [5.74, 6) is 3.21. The van der Waals surface area contributed by atoms with Crippen molar-refractivity contribution in [2.75, 3.05) is 12.4 Å². The van der Waals surface area contributed by atoms with Crippen molar-refractivity contribution in [3.05, 3.63) is 0 Å². The van der Waals surface area contributed by atoms with Gasteiger partial charge in [0.25, 0.3) is 0 Å². The van der Waals surface area contributed by atoms with Crippen LogP contribution in [0.15, 0.2) is 0 Å². The number of thioether (sulfide) groups is 1. The van der Waals surface area contributed by atoms with E-state index in [0.29, 0.717) is 6.61 Å². The monoisotopic (exact) mass is 172 g/mol. The van der Waals surface area contributed by atoms with E-state index in [0.717, 1.165) is 23.5 Å². The third kappa shape index (κ3) is 1.73. The molecule has 2 aliphatic rings. The zero-order valence-electron chi connectivity index (χ0n) is 6.83. The Kier molecular flexibility index (Phi) is 2.42. The summed E-state index contributed by atoms with van der Waals surface area (Å²) >= 11 is 2.11. The second kappa shape index (κ2) is 3.36. The van der Waals surface area contributed by atoms with Crippen LogP contribution in [0.25, 0.3) is 0 Å². The fourth-order valence-corrected chi connectivity index (χ4v) is 3.10. The second-order valence-corrected chi connectivity index (χ2v) is 5.06. The van der Waals surface area contributed by atoms with Gasteiger partial charge in [-0.1, -0.05) is 0 Å². The lowest BCUT2D eigenvalue weighted by Crippen LogP contribution is -2.28. The van der Waals surface area contributed by atoms with E-state index in [1.807, 2.05) is 0 Å². The molecule has 11 heavy (non-hydrogen) atoms. The SMILES string of the molecule is OCCC(C1CC1)C1CCS1. The minimum atomic E-state index is 0.401. The van der Waals surface area contributed by atoms with Crippen molar-refractivity contribution in [3.8, 4) is 0 Å². The zero-order valence-corrected chi connectivity index (χ0v) is 7.65. The summed E-state index contributed by atoms with van der Waals surface area (Å²) < 4.78 is 0. The molecule has 1 aliphatic carbocycles. The Bertz CT molecular complexity index is 130. The molecule has 2 unspecified atom stereocenters. The van der Waals surface area contributed by atoms with Crippen molar-refractivity contribution >= 4 is 11.8 Å². The Morgan fingerprint density at radius 1 is 1.36 bits per heavy atom. The smallest absolute Gasteiger partial charge is 0.0434 e. The summed E-state index contributed by atoms with van der Waals surface area (Å²) in [5.41, 5.74) is 0. The number of hydrogen-bond donors (Lipinski definition) is 1. The minimum absolute atomic E-state index is 0.401. The molecule has 0 bridgehead atoms. The number of aliphatic hydroxyl groups excluding tert-OH is 1. The topological polar surface area (TPSA) is 20.2 Å². The average molecular weight is 172 g/mol. The largest absolute Gasteiger partial charge is 0.396 e. The van der Waals surface area contributed by atoms with Crippen LogP contribution in [0.3, 0.4) is 0 Å². The molecule has 1 nitrogen and oxygen atoms in total. The van der Waals surface area contributed by atoms with Gasteiger partial charge in [0, 0.05) is 11.9 Å². The first kappa shape index (κ1) is 7.93. The first-order valence-corrected chi connectivity index (χ1v) is 5.69. The molecule has 0 aromatic carbocycles. The van der Waals surface area contributed by atoms with E-state index < -0.39 is 0 Å². The van der Waals surface area contributed by atoms with Crippen molar-refractivity contribution in [3.63, 3.8) is 0 Å². The molecule has 0 radical (unpaired) electrons. The Balaban J connectivity index is 1.81. The van der Waals surface area contributed by atoms with Crippen LogP contribution in [0.2, 0.25) is 0 Å². The normalized spacial score (nSPS) is 33.0. The maximum Gasteiger partial charge on any atom is 0.0434 e. The highest BCUT2D eigenvalue weighted by Gasteiger charge is 2.38. The lowest BCUT2D eigenvalue weighted by molar-refractivity contribution is 0.241. The fourth-order valence-electron chi connectivity index (χ4n) is 1.99. The molecular formula is C9H16OS. The van der Waals surface area contributed by atoms with Crippen molar-refractivity contribution in [2.24, 2.45) is 11.8 Å². The molecule has 0 amide bonds. The van der Waals surface area contributed by atoms with Crippen molar-refractivity contribution < 1.29 is 5.11 Å². The standard InChI is InChI=1S/C9H16OS/c10-5-3-8(7-1-2-7)9-4-6-11-9/h7-10H,1-6H2. The van der Waals surface area contributed by atoms with E-state index in [1.54, 1.807) is 0 Å². The molecule has 1 aliphatic heterocycles. The summed E-state index contributed by atoms with van der Waals surface area (Å²) in [7, 11) is 0. The van der Waals surface area contributed by atoms with Gasteiger partial charge >= 0.3 is 0 Å². The van der Waals surface area contributed by atoms with Gasteiger partial charge in [-0.25, -0.2) is 0 Å². The van der Waals surface area contributed by atoms with Crippen LogP contribution in [-0.2, 0) is 0 Å². The van der Waals surface area contributed by atoms with Crippen LogP contribution in [0.1, 0.15) is 25.7 Å². The van der Waals surface area contributed by atoms with Crippen molar-refractivity contribution in [1.82, 2.24) is 0 Å². The molecule has 2 atom stereocenters. The number of rotatable bonds is 4. The Morgan fingerprint density at radius 2 is 2.09 bits per heavy atom. The van der Waals surface area contributed by atoms with Gasteiger partial charge in [-0.05, 0) is 43.3 Å². The molecule has 1 N–H and O–H groups in total. The van der Waals surface area contributed by atoms with E-state index >= 15 is 0 Å². The van der Waals surface area contributed by atoms with E-state index in [2.05, 4.69) is 11.8 Å². The first-order valence-electron chi connectivity index (χ1n) is 4.64. The van der Waals surface area contributed by atoms with Crippen LogP contribution in [-0.4, -0.2) is 22.7 Å². The van der Waals surface area contributed by atoms with Gasteiger partial charge in [0.15, 0.2) is 0 Å². The zero-order chi connectivity index (χ0) is 7.68. The number of hydrogen-bond acceptors (Lipinski definition) is 2. The molecular weight excluding hydrogens is 156 g/mol. The van der Waals surface area contributed by atoms with Crippen LogP contribution in [0.4, 0.5) is 0 Å². The number of aliphatic hydroxyl groups is 1. The maximum absolute atomic E-state index is 8.87. The molecule has 64 valence electrons. The van der Waals surface area contributed by atoms with Gasteiger partial charge in [0.05, 0.1) is 0 Å². The Hall–Kier alpha value is 0.310. The second-order valence-electron chi connectivity index (χ2n) is 3.71. The molecule has 2 rings (SSSR count). The maximum atomic E-state index is 8.87. The fraction of sp³-hybridized carbons (Fsp3) is 1.00. The third-order valence-corrected chi connectivity index (χ3v) is 4.39. The summed E-state index contributed by atoms with van der Waals surface area (Å²) in [6.45, 7) is 0.401. The quantitative estimate of drug-likeness (QED) is 0.699. The first-order chi connectivity index (χ1) is 5.42. The van der Waals surface area contributed by atoms with Gasteiger partial charge in [0.2, 0.25) is 0 Å². The van der Waals surface area contributed by atoms with E-state index in [9.17, 15) is 0 Å². The summed E-state index contributed by atoms with van der Waals surface area (Å²) in [5, 5.41) is 9.78. The lowest BCUT2D eigenvalue weighted by Gasteiger charge is -2.33. The Labute approximate surface area is 72.6 Å². The van der Waals surface area contributed by atoms with Crippen LogP contribution in [0, 0.1) is 11.8 Å². The highest BCUT2D eigenvalue weighted by atomic mass is 32.2. The van der Waals surface area contributed by atoms with Crippen molar-refractivity contribution in [2.45, 2.75) is 30.9 Å². The Morgan fingerprint density at radius 3 is 2.45 bits per heavy atom. The molecule has 0 aromatic rings. The lowest BCUT2D eigenvalue weighted by atomic mass is 9.94. The van der Waals surface area contributed by atoms with E-state index in [-0.39, 0.29) is 0 Å². The van der Waals surface area contributed by atoms with E-state index in [1.165, 1.54) is 25.0 Å². The molecule has 1 heterocycles. The average Bonchev–Trinajstić information content (AvgIpc) is 2.63. The summed E-state index contributed by atoms with van der Waals surface area (Å²) in [6.07, 6.45) is 5.33. The molecule has 0 spiro atoms. The van der Waals surface area contributed by atoms with Gasteiger partial charge in [-0.15, -0.1) is 0 Å². The highest BCUT2D eigenvalue weighted by Crippen LogP contribution is 2.47. The molecule has 1 saturated carbocycles. The third-order valence-electron chi connectivity index (χ3n) is 2.90. The predicted octanol–water partition coefficient (Wildman–Crippen LogP) is 1.90. The predicted molar refractivity (Wildman–Crippen MR) is 48.8 cm³/mol. The summed E-state index contributed by atoms with van der Waals surface area (Å²) in [4.78, 5) is 0.